The third-order valence-corrected chi connectivity index (χ3v) is 4.19. The van der Waals surface area contributed by atoms with Crippen molar-refractivity contribution in [2.45, 2.75) is 57.7 Å². The lowest BCUT2D eigenvalue weighted by atomic mass is 9.84. The zero-order chi connectivity index (χ0) is 12.4. The van der Waals surface area contributed by atoms with Crippen molar-refractivity contribution in [2.75, 3.05) is 13.1 Å². The van der Waals surface area contributed by atoms with Gasteiger partial charge in [-0.2, -0.15) is 0 Å². The molecule has 2 aliphatic rings. The first-order chi connectivity index (χ1) is 8.06. The normalized spacial score (nSPS) is 32.9. The molecule has 1 saturated heterocycles. The number of likely N-dealkylation sites (tertiary alicyclic amines) is 1. The molecule has 3 atom stereocenters. The van der Waals surface area contributed by atoms with Gasteiger partial charge in [-0.15, -0.1) is 0 Å². The van der Waals surface area contributed by atoms with Crippen molar-refractivity contribution in [3.05, 3.63) is 0 Å². The van der Waals surface area contributed by atoms with Crippen LogP contribution in [0.2, 0.25) is 0 Å². The number of rotatable bonds is 3. The second-order valence-electron chi connectivity index (χ2n) is 5.67. The van der Waals surface area contributed by atoms with Crippen LogP contribution in [0.25, 0.3) is 0 Å². The molecule has 0 radical (unpaired) electrons. The Morgan fingerprint density at radius 3 is 2.59 bits per heavy atom. The Morgan fingerprint density at radius 1 is 1.41 bits per heavy atom. The molecule has 0 aromatic heterocycles. The van der Waals surface area contributed by atoms with E-state index in [1.165, 1.54) is 19.3 Å². The van der Waals surface area contributed by atoms with Gasteiger partial charge in [0.2, 0.25) is 5.91 Å². The van der Waals surface area contributed by atoms with E-state index in [-0.39, 0.29) is 18.1 Å². The molecule has 4 nitrogen and oxygen atoms in total. The number of carbonyl (C=O) groups excluding carboxylic acids is 1. The Kier molecular flexibility index (Phi) is 4.05. The van der Waals surface area contributed by atoms with Gasteiger partial charge in [-0.25, -0.2) is 0 Å². The van der Waals surface area contributed by atoms with E-state index in [0.29, 0.717) is 12.0 Å². The van der Waals surface area contributed by atoms with E-state index >= 15 is 0 Å². The average molecular weight is 240 g/mol. The maximum atomic E-state index is 11.2. The van der Waals surface area contributed by atoms with Crippen molar-refractivity contribution in [3.63, 3.8) is 0 Å². The second kappa shape index (κ2) is 5.36. The van der Waals surface area contributed by atoms with Crippen LogP contribution in [0.15, 0.2) is 0 Å². The predicted molar refractivity (Wildman–Crippen MR) is 66.6 cm³/mol. The largest absolute Gasteiger partial charge is 0.393 e. The Hall–Kier alpha value is -0.610. The molecule has 2 rings (SSSR count). The lowest BCUT2D eigenvalue weighted by molar-refractivity contribution is -0.120. The van der Waals surface area contributed by atoms with Gasteiger partial charge in [-0.05, 0) is 32.1 Å². The van der Waals surface area contributed by atoms with Gasteiger partial charge in [0.1, 0.15) is 0 Å². The number of piperidine rings is 1. The van der Waals surface area contributed by atoms with E-state index in [1.54, 1.807) is 6.92 Å². The summed E-state index contributed by atoms with van der Waals surface area (Å²) in [5.41, 5.74) is 0. The van der Waals surface area contributed by atoms with Crippen LogP contribution < -0.4 is 5.32 Å². The van der Waals surface area contributed by atoms with Crippen molar-refractivity contribution in [1.82, 2.24) is 10.2 Å². The standard InChI is InChI=1S/C13H24N2O2/c1-9(16)11-6-12(14-10(2)17)8-15(7-11)13-4-3-5-13/h9,11-13,16H,3-8H2,1-2H3,(H,14,17). The molecule has 1 amide bonds. The van der Waals surface area contributed by atoms with Crippen molar-refractivity contribution >= 4 is 5.91 Å². The summed E-state index contributed by atoms with van der Waals surface area (Å²) >= 11 is 0. The number of hydrogen-bond donors (Lipinski definition) is 2. The number of hydrogen-bond acceptors (Lipinski definition) is 3. The average Bonchev–Trinajstić information content (AvgIpc) is 2.13. The van der Waals surface area contributed by atoms with Crippen LogP contribution >= 0.6 is 0 Å². The van der Waals surface area contributed by atoms with E-state index < -0.39 is 0 Å². The van der Waals surface area contributed by atoms with Gasteiger partial charge in [-0.1, -0.05) is 6.42 Å². The molecule has 1 aliphatic heterocycles. The summed E-state index contributed by atoms with van der Waals surface area (Å²) in [7, 11) is 0. The number of carbonyl (C=O) groups is 1. The number of amides is 1. The fourth-order valence-corrected chi connectivity index (χ4v) is 2.96. The van der Waals surface area contributed by atoms with Gasteiger partial charge >= 0.3 is 0 Å². The van der Waals surface area contributed by atoms with Gasteiger partial charge in [0.15, 0.2) is 0 Å². The van der Waals surface area contributed by atoms with Crippen LogP contribution in [0.5, 0.6) is 0 Å². The van der Waals surface area contributed by atoms with Crippen molar-refractivity contribution in [2.24, 2.45) is 5.92 Å². The smallest absolute Gasteiger partial charge is 0.217 e. The molecule has 1 heterocycles. The Labute approximate surface area is 103 Å². The summed E-state index contributed by atoms with van der Waals surface area (Å²) in [5, 5.41) is 12.8. The summed E-state index contributed by atoms with van der Waals surface area (Å²) in [6, 6.07) is 0.897. The fourth-order valence-electron chi connectivity index (χ4n) is 2.96. The molecule has 0 bridgehead atoms. The highest BCUT2D eigenvalue weighted by Crippen LogP contribution is 2.30. The summed E-state index contributed by atoms with van der Waals surface area (Å²) in [6.45, 7) is 5.37. The number of nitrogens with one attached hydrogen (secondary N) is 1. The summed E-state index contributed by atoms with van der Waals surface area (Å²) in [6.07, 6.45) is 4.50. The molecular formula is C13H24N2O2. The van der Waals surface area contributed by atoms with Crippen molar-refractivity contribution < 1.29 is 9.90 Å². The maximum absolute atomic E-state index is 11.2. The summed E-state index contributed by atoms with van der Waals surface area (Å²) in [5.74, 6) is 0.330. The molecule has 0 spiro atoms. The first kappa shape index (κ1) is 12.8. The lowest BCUT2D eigenvalue weighted by Gasteiger charge is -2.46. The molecule has 98 valence electrons. The van der Waals surface area contributed by atoms with Crippen molar-refractivity contribution in [3.8, 4) is 0 Å². The van der Waals surface area contributed by atoms with Crippen LogP contribution in [0, 0.1) is 5.92 Å². The molecule has 0 aromatic rings. The molecule has 1 aliphatic carbocycles. The van der Waals surface area contributed by atoms with Crippen molar-refractivity contribution in [1.29, 1.82) is 0 Å². The molecular weight excluding hydrogens is 216 g/mol. The van der Waals surface area contributed by atoms with E-state index in [9.17, 15) is 9.90 Å². The van der Waals surface area contributed by atoms with Gasteiger partial charge in [0.25, 0.3) is 0 Å². The monoisotopic (exact) mass is 240 g/mol. The molecule has 2 N–H and O–H groups in total. The van der Waals surface area contributed by atoms with E-state index in [1.807, 2.05) is 6.92 Å². The molecule has 2 fully saturated rings. The first-order valence-electron chi connectivity index (χ1n) is 6.75. The second-order valence-corrected chi connectivity index (χ2v) is 5.67. The zero-order valence-corrected chi connectivity index (χ0v) is 10.9. The fraction of sp³-hybridized carbons (Fsp3) is 0.923. The van der Waals surface area contributed by atoms with Gasteiger partial charge in [0.05, 0.1) is 6.10 Å². The van der Waals surface area contributed by atoms with E-state index in [0.717, 1.165) is 19.5 Å². The molecule has 3 unspecified atom stereocenters. The Bertz CT molecular complexity index is 277. The summed E-state index contributed by atoms with van der Waals surface area (Å²) in [4.78, 5) is 13.6. The zero-order valence-electron chi connectivity index (χ0n) is 10.9. The highest BCUT2D eigenvalue weighted by molar-refractivity contribution is 5.73. The molecule has 1 saturated carbocycles. The topological polar surface area (TPSA) is 52.6 Å². The van der Waals surface area contributed by atoms with Crippen LogP contribution in [0.1, 0.15) is 39.5 Å². The van der Waals surface area contributed by atoms with Crippen LogP contribution in [-0.4, -0.2) is 47.2 Å². The van der Waals surface area contributed by atoms with Gasteiger partial charge in [0, 0.05) is 32.1 Å². The van der Waals surface area contributed by atoms with E-state index in [4.69, 9.17) is 0 Å². The number of aliphatic hydroxyl groups is 1. The minimum atomic E-state index is -0.283. The first-order valence-corrected chi connectivity index (χ1v) is 6.75. The molecule has 17 heavy (non-hydrogen) atoms. The van der Waals surface area contributed by atoms with Gasteiger partial charge in [-0.3, -0.25) is 9.69 Å². The third-order valence-electron chi connectivity index (χ3n) is 4.19. The summed E-state index contributed by atoms with van der Waals surface area (Å²) < 4.78 is 0. The Morgan fingerprint density at radius 2 is 2.12 bits per heavy atom. The van der Waals surface area contributed by atoms with E-state index in [2.05, 4.69) is 10.2 Å². The van der Waals surface area contributed by atoms with Crippen LogP contribution in [-0.2, 0) is 4.79 Å². The number of nitrogens with zero attached hydrogens (tertiary/aromatic N) is 1. The minimum absolute atomic E-state index is 0.0369. The third kappa shape index (κ3) is 3.19. The number of aliphatic hydroxyl groups excluding tert-OH is 1. The quantitative estimate of drug-likeness (QED) is 0.765. The lowest BCUT2D eigenvalue weighted by Crippen LogP contribution is -2.56. The minimum Gasteiger partial charge on any atom is -0.393 e. The maximum Gasteiger partial charge on any atom is 0.217 e. The van der Waals surface area contributed by atoms with Crippen LogP contribution in [0.3, 0.4) is 0 Å². The van der Waals surface area contributed by atoms with Crippen LogP contribution in [0.4, 0.5) is 0 Å². The molecule has 0 aromatic carbocycles. The highest BCUT2D eigenvalue weighted by atomic mass is 16.3. The predicted octanol–water partition coefficient (Wildman–Crippen LogP) is 0.746. The molecule has 4 heteroatoms. The SMILES string of the molecule is CC(=O)NC1CC(C(C)O)CN(C2CCC2)C1. The highest BCUT2D eigenvalue weighted by Gasteiger charge is 2.35. The van der Waals surface area contributed by atoms with Gasteiger partial charge < -0.3 is 10.4 Å². The Balaban J connectivity index is 1.95.